The van der Waals surface area contributed by atoms with E-state index in [0.717, 1.165) is 16.8 Å². The van der Waals surface area contributed by atoms with Gasteiger partial charge in [0.2, 0.25) is 5.43 Å². The summed E-state index contributed by atoms with van der Waals surface area (Å²) in [5, 5.41) is 5.04. The summed E-state index contributed by atoms with van der Waals surface area (Å²) in [6, 6.07) is 1.53. The van der Waals surface area contributed by atoms with E-state index in [2.05, 4.69) is 28.2 Å². The van der Waals surface area contributed by atoms with Crippen LogP contribution in [0.1, 0.15) is 19.8 Å². The van der Waals surface area contributed by atoms with Crippen molar-refractivity contribution in [2.24, 2.45) is 0 Å². The van der Waals surface area contributed by atoms with E-state index >= 15 is 0 Å². The Bertz CT molecular complexity index is 594. The summed E-state index contributed by atoms with van der Waals surface area (Å²) in [4.78, 5) is 11.9. The zero-order chi connectivity index (χ0) is 13.7. The summed E-state index contributed by atoms with van der Waals surface area (Å²) in [6.45, 7) is 3.01. The van der Waals surface area contributed by atoms with E-state index in [-0.39, 0.29) is 5.43 Å². The first-order chi connectivity index (χ1) is 9.22. The molecule has 0 unspecified atom stereocenters. The number of rotatable bonds is 7. The lowest BCUT2D eigenvalue weighted by Crippen LogP contribution is -2.07. The van der Waals surface area contributed by atoms with Crippen molar-refractivity contribution in [3.05, 3.63) is 26.1 Å². The summed E-state index contributed by atoms with van der Waals surface area (Å²) in [6.07, 6.45) is 2.49. The molecule has 0 aliphatic carbocycles. The van der Waals surface area contributed by atoms with Crippen LogP contribution in [0.5, 0.6) is 0 Å². The van der Waals surface area contributed by atoms with Crippen LogP contribution in [0, 0.1) is 0 Å². The van der Waals surface area contributed by atoms with Crippen LogP contribution < -0.4 is 10.7 Å². The number of thiophene rings is 1. The highest BCUT2D eigenvalue weighted by molar-refractivity contribution is 9.10. The molecule has 0 saturated carbocycles. The fourth-order valence-electron chi connectivity index (χ4n) is 1.60. The molecular weight excluding hydrogens is 346 g/mol. The minimum absolute atomic E-state index is 0.0121. The highest BCUT2D eigenvalue weighted by Gasteiger charge is 2.09. The van der Waals surface area contributed by atoms with Gasteiger partial charge in [-0.15, -0.1) is 11.3 Å². The maximum atomic E-state index is 11.9. The quantitative estimate of drug-likeness (QED) is 0.733. The summed E-state index contributed by atoms with van der Waals surface area (Å²) < 4.78 is 7.18. The molecule has 0 aliphatic rings. The number of fused-ring (bicyclic) bond motifs is 1. The molecule has 0 spiro atoms. The average Bonchev–Trinajstić information content (AvgIpc) is 2.76. The van der Waals surface area contributed by atoms with Gasteiger partial charge in [-0.2, -0.15) is 11.8 Å². The van der Waals surface area contributed by atoms with Gasteiger partial charge in [-0.25, -0.2) is 0 Å². The van der Waals surface area contributed by atoms with Gasteiger partial charge in [0, 0.05) is 23.7 Å². The van der Waals surface area contributed by atoms with Gasteiger partial charge >= 0.3 is 0 Å². The molecule has 2 rings (SSSR count). The minimum atomic E-state index is 0.0121. The molecule has 0 atom stereocenters. The smallest absolute Gasteiger partial charge is 0.204 e. The van der Waals surface area contributed by atoms with Crippen molar-refractivity contribution < 1.29 is 4.42 Å². The second-order valence-corrected chi connectivity index (χ2v) is 7.07. The zero-order valence-electron chi connectivity index (χ0n) is 10.7. The number of hydrogen-bond acceptors (Lipinski definition) is 5. The maximum Gasteiger partial charge on any atom is 0.204 e. The molecule has 0 fully saturated rings. The number of hydrogen-bond donors (Lipinski definition) is 1. The first kappa shape index (κ1) is 14.9. The first-order valence-corrected chi connectivity index (χ1v) is 9.07. The van der Waals surface area contributed by atoms with E-state index in [9.17, 15) is 4.79 Å². The number of thioether (sulfide) groups is 1. The minimum Gasteiger partial charge on any atom is -0.438 e. The van der Waals surface area contributed by atoms with Crippen molar-refractivity contribution in [3.8, 4) is 0 Å². The summed E-state index contributed by atoms with van der Waals surface area (Å²) in [5.41, 5.74) is 0.650. The third kappa shape index (κ3) is 4.00. The van der Waals surface area contributed by atoms with Crippen molar-refractivity contribution in [1.82, 2.24) is 0 Å². The van der Waals surface area contributed by atoms with Crippen LogP contribution in [0.15, 0.2) is 25.1 Å². The average molecular weight is 362 g/mol. The highest BCUT2D eigenvalue weighted by atomic mass is 79.9. The van der Waals surface area contributed by atoms with E-state index in [1.54, 1.807) is 0 Å². The zero-order valence-corrected chi connectivity index (χ0v) is 13.9. The Kier molecular flexibility index (Phi) is 5.78. The highest BCUT2D eigenvalue weighted by Crippen LogP contribution is 2.29. The van der Waals surface area contributed by atoms with Crippen LogP contribution in [0.4, 0.5) is 5.88 Å². The van der Waals surface area contributed by atoms with Crippen LogP contribution >= 0.6 is 39.0 Å². The largest absolute Gasteiger partial charge is 0.438 e. The molecule has 0 radical (unpaired) electrons. The number of unbranched alkanes of at least 4 members (excludes halogenated alkanes) is 1. The van der Waals surface area contributed by atoms with E-state index in [1.165, 1.54) is 36.0 Å². The van der Waals surface area contributed by atoms with E-state index in [1.807, 2.05) is 17.1 Å². The fourth-order valence-corrected chi connectivity index (χ4v) is 3.99. The van der Waals surface area contributed by atoms with Crippen molar-refractivity contribution in [1.29, 1.82) is 0 Å². The molecular formula is C13H16BrNO2S2. The van der Waals surface area contributed by atoms with Crippen molar-refractivity contribution in [2.75, 3.05) is 23.4 Å². The monoisotopic (exact) mass is 361 g/mol. The van der Waals surface area contributed by atoms with E-state index in [0.29, 0.717) is 16.2 Å². The van der Waals surface area contributed by atoms with Crippen molar-refractivity contribution >= 4 is 55.2 Å². The lowest BCUT2D eigenvalue weighted by Gasteiger charge is -2.05. The van der Waals surface area contributed by atoms with Gasteiger partial charge in [-0.3, -0.25) is 4.79 Å². The van der Waals surface area contributed by atoms with Gasteiger partial charge in [0.1, 0.15) is 4.70 Å². The van der Waals surface area contributed by atoms with E-state index in [4.69, 9.17) is 4.42 Å². The second-order valence-electron chi connectivity index (χ2n) is 4.11. The van der Waals surface area contributed by atoms with Gasteiger partial charge in [0.25, 0.3) is 0 Å². The Morgan fingerprint density at radius 1 is 1.47 bits per heavy atom. The van der Waals surface area contributed by atoms with Gasteiger partial charge < -0.3 is 9.73 Å². The molecule has 0 bridgehead atoms. The van der Waals surface area contributed by atoms with Crippen molar-refractivity contribution in [3.63, 3.8) is 0 Å². The lowest BCUT2D eigenvalue weighted by molar-refractivity contribution is 0.615. The normalized spacial score (nSPS) is 11.1. The second kappa shape index (κ2) is 7.36. The van der Waals surface area contributed by atoms with Crippen LogP contribution in [0.25, 0.3) is 10.3 Å². The van der Waals surface area contributed by atoms with Crippen LogP contribution in [0.2, 0.25) is 0 Å². The Morgan fingerprint density at radius 3 is 3.11 bits per heavy atom. The molecule has 3 nitrogen and oxygen atoms in total. The molecule has 6 heteroatoms. The third-order valence-corrected chi connectivity index (χ3v) is 5.53. The molecule has 0 aliphatic heterocycles. The number of anilines is 1. The van der Waals surface area contributed by atoms with Crippen molar-refractivity contribution in [2.45, 2.75) is 19.8 Å². The standard InChI is InChI=1S/C13H16BrNO2S2/c1-2-3-5-18-6-4-15-11-7-10(16)13-12(17-11)9(14)8-19-13/h7-8,15H,2-6H2,1H3. The number of nitrogens with one attached hydrogen (secondary N) is 1. The van der Waals surface area contributed by atoms with Crippen LogP contribution in [-0.2, 0) is 0 Å². The Hall–Kier alpha value is -0.460. The van der Waals surface area contributed by atoms with Gasteiger partial charge in [-0.05, 0) is 28.1 Å². The first-order valence-electron chi connectivity index (χ1n) is 6.25. The van der Waals surface area contributed by atoms with E-state index < -0.39 is 0 Å². The summed E-state index contributed by atoms with van der Waals surface area (Å²) >= 11 is 6.71. The van der Waals surface area contributed by atoms with Crippen LogP contribution in [0.3, 0.4) is 0 Å². The summed E-state index contributed by atoms with van der Waals surface area (Å²) in [7, 11) is 0. The third-order valence-electron chi connectivity index (χ3n) is 2.59. The van der Waals surface area contributed by atoms with Gasteiger partial charge in [0.15, 0.2) is 11.5 Å². The SMILES string of the molecule is CCCCSCCNc1cc(=O)c2scc(Br)c2o1. The molecule has 2 heterocycles. The predicted molar refractivity (Wildman–Crippen MR) is 88.8 cm³/mol. The fraction of sp³-hybridized carbons (Fsp3) is 0.462. The Labute approximate surface area is 128 Å². The molecule has 0 saturated heterocycles. The Morgan fingerprint density at radius 2 is 2.32 bits per heavy atom. The summed E-state index contributed by atoms with van der Waals surface area (Å²) in [5.74, 6) is 2.76. The molecule has 1 N–H and O–H groups in total. The number of halogens is 1. The predicted octanol–water partition coefficient (Wildman–Crippen LogP) is 4.56. The van der Waals surface area contributed by atoms with Gasteiger partial charge in [0.05, 0.1) is 4.47 Å². The molecule has 0 aromatic carbocycles. The maximum absolute atomic E-state index is 11.9. The topological polar surface area (TPSA) is 42.2 Å². The Balaban J connectivity index is 1.94. The van der Waals surface area contributed by atoms with Gasteiger partial charge in [-0.1, -0.05) is 13.3 Å². The van der Waals surface area contributed by atoms with Crippen LogP contribution in [-0.4, -0.2) is 18.1 Å². The molecule has 104 valence electrons. The molecule has 2 aromatic heterocycles. The molecule has 19 heavy (non-hydrogen) atoms. The molecule has 2 aromatic rings. The molecule has 0 amide bonds. The lowest BCUT2D eigenvalue weighted by atomic mass is 10.4.